The summed E-state index contributed by atoms with van der Waals surface area (Å²) in [6.07, 6.45) is 19.3. The molecule has 0 aromatic carbocycles. The van der Waals surface area contributed by atoms with Crippen LogP contribution in [-0.2, 0) is 21.1 Å². The molecule has 0 N–H and O–H groups in total. The Bertz CT molecular complexity index is 259. The summed E-state index contributed by atoms with van der Waals surface area (Å²) in [5, 5.41) is 0. The van der Waals surface area contributed by atoms with Gasteiger partial charge in [-0.1, -0.05) is 26.7 Å². The molecule has 0 unspecified atom stereocenters. The largest absolute Gasteiger partial charge is 2.00 e. The predicted molar refractivity (Wildman–Crippen MR) is 76.1 cm³/mol. The Kier molecular flexibility index (Phi) is 18.8. The van der Waals surface area contributed by atoms with E-state index >= 15 is 0 Å². The first-order chi connectivity index (χ1) is 6.86. The van der Waals surface area contributed by atoms with Gasteiger partial charge in [-0.25, -0.2) is 23.3 Å². The van der Waals surface area contributed by atoms with Crippen LogP contribution >= 0.6 is 24.8 Å². The zero-order chi connectivity index (χ0) is 10.2. The molecule has 0 saturated carbocycles. The molecule has 2 rings (SSSR count). The summed E-state index contributed by atoms with van der Waals surface area (Å²) in [4.78, 5) is 0. The molecule has 96 valence electrons. The Labute approximate surface area is 132 Å². The zero-order valence-corrected chi connectivity index (χ0v) is 14.9. The summed E-state index contributed by atoms with van der Waals surface area (Å²) in [7, 11) is 0. The minimum Gasteiger partial charge on any atom is -0.270 e. The van der Waals surface area contributed by atoms with E-state index in [2.05, 4.69) is 50.3 Å². The molecule has 0 nitrogen and oxygen atoms in total. The topological polar surface area (TPSA) is 0 Å². The molecular weight excluding hydrogens is 423 g/mol. The van der Waals surface area contributed by atoms with E-state index < -0.39 is 0 Å². The Morgan fingerprint density at radius 2 is 1.24 bits per heavy atom. The summed E-state index contributed by atoms with van der Waals surface area (Å²) < 4.78 is 0. The third-order valence-corrected chi connectivity index (χ3v) is 2.29. The van der Waals surface area contributed by atoms with Crippen molar-refractivity contribution in [1.29, 1.82) is 0 Å². The van der Waals surface area contributed by atoms with Gasteiger partial charge in [-0.2, -0.15) is 12.2 Å². The van der Waals surface area contributed by atoms with Crippen LogP contribution in [0, 0.1) is 12.2 Å². The number of hydrogen-bond donors (Lipinski definition) is 0. The summed E-state index contributed by atoms with van der Waals surface area (Å²) in [5.41, 5.74) is 2.72. The second-order valence-corrected chi connectivity index (χ2v) is 3.32. The summed E-state index contributed by atoms with van der Waals surface area (Å²) in [5.74, 6) is 0. The van der Waals surface area contributed by atoms with Gasteiger partial charge in [-0.15, -0.1) is 37.7 Å². The summed E-state index contributed by atoms with van der Waals surface area (Å²) >= 11 is 0. The molecule has 0 spiro atoms. The number of hydrogen-bond acceptors (Lipinski definition) is 0. The van der Waals surface area contributed by atoms with Crippen molar-refractivity contribution in [2.24, 2.45) is 0 Å². The van der Waals surface area contributed by atoms with Gasteiger partial charge in [0.1, 0.15) is 0 Å². The molecule has 0 bridgehead atoms. The van der Waals surface area contributed by atoms with Gasteiger partial charge in [0.05, 0.1) is 0 Å². The quantitative estimate of drug-likeness (QED) is 0.527. The fraction of sp³-hybridized carbons (Fsp3) is 0.429. The van der Waals surface area contributed by atoms with Crippen molar-refractivity contribution in [3.05, 3.63) is 47.6 Å². The van der Waals surface area contributed by atoms with Crippen LogP contribution in [0.2, 0.25) is 0 Å². The second-order valence-electron chi connectivity index (χ2n) is 3.32. The van der Waals surface area contributed by atoms with Gasteiger partial charge >= 0.3 is 21.1 Å². The summed E-state index contributed by atoms with van der Waals surface area (Å²) in [6, 6.07) is 0. The molecule has 0 amide bonds. The monoisotopic (exact) mass is 442 g/mol. The van der Waals surface area contributed by atoms with Gasteiger partial charge in [0.15, 0.2) is 0 Å². The van der Waals surface area contributed by atoms with Crippen LogP contribution in [0.25, 0.3) is 0 Å². The van der Waals surface area contributed by atoms with Crippen molar-refractivity contribution >= 4 is 24.8 Å². The Morgan fingerprint density at radius 1 is 0.882 bits per heavy atom. The van der Waals surface area contributed by atoms with E-state index in [9.17, 15) is 0 Å². The van der Waals surface area contributed by atoms with Crippen molar-refractivity contribution in [3.63, 3.8) is 0 Å². The van der Waals surface area contributed by atoms with Crippen LogP contribution in [0.1, 0.15) is 39.5 Å². The van der Waals surface area contributed by atoms with E-state index in [4.69, 9.17) is 0 Å². The van der Waals surface area contributed by atoms with Crippen LogP contribution in [0.5, 0.6) is 0 Å². The molecule has 0 aliphatic heterocycles. The Hall–Kier alpha value is 0.228. The van der Waals surface area contributed by atoms with Crippen LogP contribution in [0.3, 0.4) is 0 Å². The molecule has 0 aromatic heterocycles. The van der Waals surface area contributed by atoms with Gasteiger partial charge in [0.2, 0.25) is 0 Å². The van der Waals surface area contributed by atoms with Crippen molar-refractivity contribution in [2.75, 3.05) is 0 Å². The maximum absolute atomic E-state index is 3.21. The van der Waals surface area contributed by atoms with Crippen molar-refractivity contribution in [3.8, 4) is 0 Å². The molecule has 2 aliphatic carbocycles. The minimum absolute atomic E-state index is 0. The van der Waals surface area contributed by atoms with Crippen molar-refractivity contribution in [1.82, 2.24) is 0 Å². The average Bonchev–Trinajstić information content (AvgIpc) is 2.92. The normalized spacial score (nSPS) is 14.5. The van der Waals surface area contributed by atoms with Crippen molar-refractivity contribution in [2.45, 2.75) is 39.5 Å². The van der Waals surface area contributed by atoms with E-state index in [1.807, 2.05) is 0 Å². The molecule has 3 heteroatoms. The first-order valence-corrected chi connectivity index (χ1v) is 5.39. The molecule has 2 aliphatic rings. The maximum Gasteiger partial charge on any atom is 2.00 e. The van der Waals surface area contributed by atoms with E-state index in [1.54, 1.807) is 0 Å². The standard InChI is InChI=1S/2C7H9.2ClH.W/c2*1-2-7-5-3-4-6-7;;;/h2*3,5H,2,4H2,1H3;2*1H;/q2*-1;;;+2. The fourth-order valence-electron chi connectivity index (χ4n) is 1.39. The molecule has 0 heterocycles. The van der Waals surface area contributed by atoms with Crippen molar-refractivity contribution < 1.29 is 21.1 Å². The van der Waals surface area contributed by atoms with E-state index in [0.717, 1.165) is 25.7 Å². The van der Waals surface area contributed by atoms with Crippen LogP contribution < -0.4 is 0 Å². The average molecular weight is 443 g/mol. The van der Waals surface area contributed by atoms with Crippen LogP contribution in [0.15, 0.2) is 35.5 Å². The smallest absolute Gasteiger partial charge is 0.270 e. The van der Waals surface area contributed by atoms with Crippen LogP contribution in [0.4, 0.5) is 0 Å². The molecule has 0 fully saturated rings. The number of allylic oxidation sites excluding steroid dienone is 8. The third-order valence-electron chi connectivity index (χ3n) is 2.29. The second kappa shape index (κ2) is 14.3. The number of rotatable bonds is 2. The molecule has 0 aromatic rings. The SMILES string of the molecule is CCC1=[C-]CC=C1.CCC1=[C-]CC=C1.Cl.Cl.[W+2]. The van der Waals surface area contributed by atoms with Gasteiger partial charge < -0.3 is 0 Å². The third kappa shape index (κ3) is 9.89. The van der Waals surface area contributed by atoms with Gasteiger partial charge in [-0.05, 0) is 0 Å². The molecule has 0 radical (unpaired) electrons. The summed E-state index contributed by atoms with van der Waals surface area (Å²) in [6.45, 7) is 4.30. The first kappa shape index (κ1) is 22.4. The van der Waals surface area contributed by atoms with E-state index in [-0.39, 0.29) is 45.9 Å². The van der Waals surface area contributed by atoms with Gasteiger partial charge in [0, 0.05) is 0 Å². The first-order valence-electron chi connectivity index (χ1n) is 5.39. The maximum atomic E-state index is 3.21. The zero-order valence-electron chi connectivity index (χ0n) is 10.4. The molecule has 17 heavy (non-hydrogen) atoms. The van der Waals surface area contributed by atoms with E-state index in [0.29, 0.717) is 0 Å². The van der Waals surface area contributed by atoms with Gasteiger partial charge in [0.25, 0.3) is 0 Å². The molecule has 0 saturated heterocycles. The molecular formula is C14H20Cl2W. The minimum atomic E-state index is 0. The van der Waals surface area contributed by atoms with E-state index in [1.165, 1.54) is 11.1 Å². The Morgan fingerprint density at radius 3 is 1.35 bits per heavy atom. The van der Waals surface area contributed by atoms with Crippen LogP contribution in [-0.4, -0.2) is 0 Å². The van der Waals surface area contributed by atoms with Gasteiger partial charge in [-0.3, -0.25) is 12.2 Å². The predicted octanol–water partition coefficient (Wildman–Crippen LogP) is 5.01. The number of halogens is 2. The Balaban J connectivity index is -0.000000196. The molecule has 0 atom stereocenters. The fourth-order valence-corrected chi connectivity index (χ4v) is 1.39.